The molecule has 0 aromatic heterocycles. The second-order valence-electron chi connectivity index (χ2n) is 6.36. The number of nitrogens with zero attached hydrogens (tertiary/aromatic N) is 1. The SMILES string of the molecule is Cc1ccc(CC2CCN(C(=O)c3ccc(O)cc3F)C2)cc1F. The minimum absolute atomic E-state index is 0.0326. The van der Waals surface area contributed by atoms with Crippen molar-refractivity contribution in [3.8, 4) is 5.75 Å². The topological polar surface area (TPSA) is 40.5 Å². The third-order valence-electron chi connectivity index (χ3n) is 4.52. The molecule has 0 bridgehead atoms. The minimum Gasteiger partial charge on any atom is -0.508 e. The Labute approximate surface area is 139 Å². The number of aryl methyl sites for hydroxylation is 1. The van der Waals surface area contributed by atoms with Gasteiger partial charge < -0.3 is 10.0 Å². The molecule has 3 rings (SSSR count). The van der Waals surface area contributed by atoms with Crippen LogP contribution in [0.4, 0.5) is 8.78 Å². The fraction of sp³-hybridized carbons (Fsp3) is 0.316. The van der Waals surface area contributed by atoms with E-state index in [9.17, 15) is 18.7 Å². The van der Waals surface area contributed by atoms with Gasteiger partial charge in [-0.05, 0) is 55.0 Å². The summed E-state index contributed by atoms with van der Waals surface area (Å²) in [6.07, 6.45) is 1.50. The first kappa shape index (κ1) is 16.4. The van der Waals surface area contributed by atoms with Crippen molar-refractivity contribution in [2.24, 2.45) is 5.92 Å². The number of rotatable bonds is 3. The Kier molecular flexibility index (Phi) is 4.51. The summed E-state index contributed by atoms with van der Waals surface area (Å²) in [5.41, 5.74) is 1.49. The molecule has 1 unspecified atom stereocenters. The maximum Gasteiger partial charge on any atom is 0.256 e. The van der Waals surface area contributed by atoms with Gasteiger partial charge in [-0.25, -0.2) is 8.78 Å². The van der Waals surface area contributed by atoms with Gasteiger partial charge in [-0.15, -0.1) is 0 Å². The highest BCUT2D eigenvalue weighted by Gasteiger charge is 2.28. The minimum atomic E-state index is -0.718. The molecular formula is C19H19F2NO2. The molecule has 1 heterocycles. The number of likely N-dealkylation sites (tertiary alicyclic amines) is 1. The smallest absolute Gasteiger partial charge is 0.256 e. The zero-order chi connectivity index (χ0) is 17.3. The second-order valence-corrected chi connectivity index (χ2v) is 6.36. The zero-order valence-electron chi connectivity index (χ0n) is 13.4. The van der Waals surface area contributed by atoms with E-state index < -0.39 is 5.82 Å². The number of phenols is 1. The monoisotopic (exact) mass is 331 g/mol. The van der Waals surface area contributed by atoms with Gasteiger partial charge in [-0.3, -0.25) is 4.79 Å². The third kappa shape index (κ3) is 3.40. The lowest BCUT2D eigenvalue weighted by atomic mass is 9.98. The Bertz CT molecular complexity index is 776. The molecular weight excluding hydrogens is 312 g/mol. The van der Waals surface area contributed by atoms with Crippen molar-refractivity contribution < 1.29 is 18.7 Å². The predicted octanol–water partition coefficient (Wildman–Crippen LogP) is 3.68. The average molecular weight is 331 g/mol. The van der Waals surface area contributed by atoms with Crippen LogP contribution in [0.5, 0.6) is 5.75 Å². The molecule has 0 spiro atoms. The summed E-state index contributed by atoms with van der Waals surface area (Å²) in [7, 11) is 0. The van der Waals surface area contributed by atoms with Gasteiger partial charge in [0.05, 0.1) is 5.56 Å². The molecule has 1 N–H and O–H groups in total. The maximum atomic E-state index is 13.8. The van der Waals surface area contributed by atoms with Crippen molar-refractivity contribution >= 4 is 5.91 Å². The first-order valence-corrected chi connectivity index (χ1v) is 7.97. The molecule has 1 saturated heterocycles. The Hall–Kier alpha value is -2.43. The Balaban J connectivity index is 1.66. The van der Waals surface area contributed by atoms with Crippen molar-refractivity contribution in [3.05, 3.63) is 64.7 Å². The van der Waals surface area contributed by atoms with Crippen LogP contribution in [-0.2, 0) is 6.42 Å². The quantitative estimate of drug-likeness (QED) is 0.932. The maximum absolute atomic E-state index is 13.8. The Morgan fingerprint density at radius 1 is 1.21 bits per heavy atom. The summed E-state index contributed by atoms with van der Waals surface area (Å²) in [4.78, 5) is 14.0. The van der Waals surface area contributed by atoms with E-state index in [4.69, 9.17) is 0 Å². The standard InChI is InChI=1S/C19H19F2NO2/c1-12-2-3-13(9-17(12)20)8-14-6-7-22(11-14)19(24)16-5-4-15(23)10-18(16)21/h2-5,9-10,14,23H,6-8,11H2,1H3. The number of benzene rings is 2. The molecule has 0 radical (unpaired) electrons. The lowest BCUT2D eigenvalue weighted by molar-refractivity contribution is 0.0782. The van der Waals surface area contributed by atoms with E-state index in [1.165, 1.54) is 12.1 Å². The summed E-state index contributed by atoms with van der Waals surface area (Å²) in [6.45, 7) is 2.80. The van der Waals surface area contributed by atoms with Crippen LogP contribution in [0.25, 0.3) is 0 Å². The second kappa shape index (κ2) is 6.59. The Morgan fingerprint density at radius 3 is 2.71 bits per heavy atom. The summed E-state index contributed by atoms with van der Waals surface area (Å²) in [6, 6.07) is 8.75. The highest BCUT2D eigenvalue weighted by Crippen LogP contribution is 2.25. The number of phenolic OH excluding ortho intramolecular Hbond substituents is 1. The van der Waals surface area contributed by atoms with E-state index in [0.717, 1.165) is 18.1 Å². The van der Waals surface area contributed by atoms with E-state index in [-0.39, 0.29) is 29.0 Å². The van der Waals surface area contributed by atoms with Crippen LogP contribution in [0.15, 0.2) is 36.4 Å². The fourth-order valence-corrected chi connectivity index (χ4v) is 3.13. The highest BCUT2D eigenvalue weighted by molar-refractivity contribution is 5.94. The summed E-state index contributed by atoms with van der Waals surface area (Å²) in [5.74, 6) is -1.28. The van der Waals surface area contributed by atoms with Gasteiger partial charge in [0.2, 0.25) is 0 Å². The van der Waals surface area contributed by atoms with Crippen molar-refractivity contribution in [3.63, 3.8) is 0 Å². The summed E-state index contributed by atoms with van der Waals surface area (Å²) in [5, 5.41) is 9.24. The molecule has 126 valence electrons. The Morgan fingerprint density at radius 2 is 2.00 bits per heavy atom. The molecule has 0 saturated carbocycles. The van der Waals surface area contributed by atoms with E-state index in [1.54, 1.807) is 24.0 Å². The van der Waals surface area contributed by atoms with E-state index in [2.05, 4.69) is 0 Å². The van der Waals surface area contributed by atoms with E-state index in [1.807, 2.05) is 6.07 Å². The van der Waals surface area contributed by atoms with Crippen LogP contribution in [0.3, 0.4) is 0 Å². The first-order chi connectivity index (χ1) is 11.4. The number of amides is 1. The van der Waals surface area contributed by atoms with Crippen LogP contribution < -0.4 is 0 Å². The molecule has 1 amide bonds. The molecule has 2 aromatic carbocycles. The number of carbonyl (C=O) groups excluding carboxylic acids is 1. The van der Waals surface area contributed by atoms with Crippen LogP contribution >= 0.6 is 0 Å². The predicted molar refractivity (Wildman–Crippen MR) is 86.9 cm³/mol. The number of carbonyl (C=O) groups is 1. The molecule has 24 heavy (non-hydrogen) atoms. The summed E-state index contributed by atoms with van der Waals surface area (Å²) >= 11 is 0. The van der Waals surface area contributed by atoms with Gasteiger partial charge in [-0.1, -0.05) is 12.1 Å². The molecule has 5 heteroatoms. The summed E-state index contributed by atoms with van der Waals surface area (Å²) < 4.78 is 27.5. The lowest BCUT2D eigenvalue weighted by Crippen LogP contribution is -2.29. The lowest BCUT2D eigenvalue weighted by Gasteiger charge is -2.17. The van der Waals surface area contributed by atoms with Crippen molar-refractivity contribution in [2.45, 2.75) is 19.8 Å². The first-order valence-electron chi connectivity index (χ1n) is 7.97. The zero-order valence-corrected chi connectivity index (χ0v) is 13.4. The molecule has 2 aromatic rings. The molecule has 1 atom stereocenters. The van der Waals surface area contributed by atoms with Gasteiger partial charge in [0, 0.05) is 19.2 Å². The van der Waals surface area contributed by atoms with Crippen molar-refractivity contribution in [1.82, 2.24) is 4.90 Å². The molecule has 3 nitrogen and oxygen atoms in total. The highest BCUT2D eigenvalue weighted by atomic mass is 19.1. The molecule has 0 aliphatic carbocycles. The number of halogens is 2. The number of aromatic hydroxyl groups is 1. The fourth-order valence-electron chi connectivity index (χ4n) is 3.13. The number of hydrogen-bond donors (Lipinski definition) is 1. The third-order valence-corrected chi connectivity index (χ3v) is 4.52. The average Bonchev–Trinajstić information content (AvgIpc) is 2.99. The van der Waals surface area contributed by atoms with Gasteiger partial charge in [-0.2, -0.15) is 0 Å². The van der Waals surface area contributed by atoms with Gasteiger partial charge >= 0.3 is 0 Å². The van der Waals surface area contributed by atoms with Crippen molar-refractivity contribution in [1.29, 1.82) is 0 Å². The normalized spacial score (nSPS) is 17.3. The van der Waals surface area contributed by atoms with E-state index >= 15 is 0 Å². The van der Waals surface area contributed by atoms with Crippen LogP contribution in [0.1, 0.15) is 27.9 Å². The van der Waals surface area contributed by atoms with E-state index in [0.29, 0.717) is 25.1 Å². The van der Waals surface area contributed by atoms with Crippen molar-refractivity contribution in [2.75, 3.05) is 13.1 Å². The van der Waals surface area contributed by atoms with Crippen LogP contribution in [0.2, 0.25) is 0 Å². The largest absolute Gasteiger partial charge is 0.508 e. The van der Waals surface area contributed by atoms with Gasteiger partial charge in [0.25, 0.3) is 5.91 Å². The van der Waals surface area contributed by atoms with Gasteiger partial charge in [0.1, 0.15) is 17.4 Å². The number of hydrogen-bond acceptors (Lipinski definition) is 2. The molecule has 1 aliphatic heterocycles. The van der Waals surface area contributed by atoms with Crippen LogP contribution in [-0.4, -0.2) is 29.0 Å². The van der Waals surface area contributed by atoms with Gasteiger partial charge in [0.15, 0.2) is 0 Å². The van der Waals surface area contributed by atoms with Crippen LogP contribution in [0, 0.1) is 24.5 Å². The molecule has 1 aliphatic rings. The molecule has 1 fully saturated rings.